The van der Waals surface area contributed by atoms with Gasteiger partial charge in [-0.1, -0.05) is 48.9 Å². The topological polar surface area (TPSA) is 55.8 Å². The minimum absolute atomic E-state index is 0.137. The number of hydrogen-bond acceptors (Lipinski definition) is 5. The maximum Gasteiger partial charge on any atom is 0.348 e. The van der Waals surface area contributed by atoms with Crippen molar-refractivity contribution < 1.29 is 19.1 Å². The molecule has 9 atom stereocenters. The zero-order chi connectivity index (χ0) is 26.7. The minimum atomic E-state index is -0.898. The van der Waals surface area contributed by atoms with Crippen LogP contribution >= 0.6 is 0 Å². The number of hydrogen-bond donors (Lipinski definition) is 0. The van der Waals surface area contributed by atoms with Gasteiger partial charge in [0.05, 0.1) is 0 Å². The van der Waals surface area contributed by atoms with E-state index in [1.807, 2.05) is 30.3 Å². The molecule has 1 saturated heterocycles. The molecular weight excluding hydrogens is 474 g/mol. The number of ether oxygens (including phenoxy) is 2. The second-order valence-electron chi connectivity index (χ2n) is 13.5. The molecule has 0 aromatic heterocycles. The molecule has 4 fully saturated rings. The summed E-state index contributed by atoms with van der Waals surface area (Å²) in [6.07, 6.45) is 11.4. The molecule has 9 unspecified atom stereocenters. The van der Waals surface area contributed by atoms with Gasteiger partial charge in [-0.25, -0.2) is 4.79 Å². The Morgan fingerprint density at radius 1 is 1.05 bits per heavy atom. The number of fused-ring (bicyclic) bond motifs is 4. The molecule has 1 aliphatic heterocycles. The highest BCUT2D eigenvalue weighted by atomic mass is 16.6. The molecule has 5 aliphatic rings. The first kappa shape index (κ1) is 26.1. The number of carbonyl (C=O) groups is 2. The number of carbonyl (C=O) groups excluding carboxylic acids is 2. The van der Waals surface area contributed by atoms with Crippen LogP contribution in [-0.2, 0) is 25.5 Å². The Balaban J connectivity index is 1.15. The summed E-state index contributed by atoms with van der Waals surface area (Å²) in [5, 5.41) is 0. The first-order chi connectivity index (χ1) is 18.2. The predicted octanol–water partition coefficient (Wildman–Crippen LogP) is 5.97. The summed E-state index contributed by atoms with van der Waals surface area (Å²) in [5.41, 5.74) is 3.24. The third-order valence-corrected chi connectivity index (χ3v) is 11.8. The molecular formula is C33H45NO4. The molecule has 4 aliphatic carbocycles. The van der Waals surface area contributed by atoms with Gasteiger partial charge in [-0.15, -0.1) is 0 Å². The molecule has 1 spiro atoms. The van der Waals surface area contributed by atoms with Gasteiger partial charge in [0, 0.05) is 32.4 Å². The van der Waals surface area contributed by atoms with Gasteiger partial charge in [0.25, 0.3) is 0 Å². The summed E-state index contributed by atoms with van der Waals surface area (Å²) in [6, 6.07) is 10.4. The first-order valence-corrected chi connectivity index (χ1v) is 15.0. The van der Waals surface area contributed by atoms with E-state index in [9.17, 15) is 9.59 Å². The van der Waals surface area contributed by atoms with E-state index in [1.165, 1.54) is 51.1 Å². The molecule has 206 valence electrons. The SMILES string of the molecule is CC(=O)OC(Cc1ccccc1)C(=O)OC1CCC2(C)C(=CCC3C2CCC24CN(C)C(C)C2CCC34)C1. The molecule has 38 heavy (non-hydrogen) atoms. The zero-order valence-corrected chi connectivity index (χ0v) is 23.7. The van der Waals surface area contributed by atoms with E-state index >= 15 is 0 Å². The van der Waals surface area contributed by atoms with Crippen molar-refractivity contribution in [3.8, 4) is 0 Å². The van der Waals surface area contributed by atoms with E-state index in [-0.39, 0.29) is 11.5 Å². The fraction of sp³-hybridized carbons (Fsp3) is 0.697. The fourth-order valence-electron chi connectivity index (χ4n) is 9.97. The van der Waals surface area contributed by atoms with Crippen molar-refractivity contribution in [2.24, 2.45) is 34.5 Å². The lowest BCUT2D eigenvalue weighted by Gasteiger charge is -2.58. The van der Waals surface area contributed by atoms with Crippen molar-refractivity contribution in [1.82, 2.24) is 4.90 Å². The highest BCUT2D eigenvalue weighted by Crippen LogP contribution is 2.68. The van der Waals surface area contributed by atoms with Gasteiger partial charge in [-0.05, 0) is 99.0 Å². The van der Waals surface area contributed by atoms with E-state index in [1.54, 1.807) is 0 Å². The Morgan fingerprint density at radius 3 is 2.58 bits per heavy atom. The molecule has 1 aromatic carbocycles. The highest BCUT2D eigenvalue weighted by molar-refractivity contribution is 5.79. The van der Waals surface area contributed by atoms with E-state index in [0.29, 0.717) is 11.8 Å². The van der Waals surface area contributed by atoms with Gasteiger partial charge in [-0.2, -0.15) is 0 Å². The fourth-order valence-corrected chi connectivity index (χ4v) is 9.97. The van der Waals surface area contributed by atoms with E-state index in [4.69, 9.17) is 9.47 Å². The van der Waals surface area contributed by atoms with E-state index in [0.717, 1.165) is 54.5 Å². The lowest BCUT2D eigenvalue weighted by Crippen LogP contribution is -2.52. The quantitative estimate of drug-likeness (QED) is 0.355. The third-order valence-electron chi connectivity index (χ3n) is 11.8. The normalized spacial score (nSPS) is 40.7. The van der Waals surface area contributed by atoms with Gasteiger partial charge >= 0.3 is 11.9 Å². The monoisotopic (exact) mass is 519 g/mol. The van der Waals surface area contributed by atoms with Crippen molar-refractivity contribution in [2.75, 3.05) is 13.6 Å². The van der Waals surface area contributed by atoms with Gasteiger partial charge in [0.1, 0.15) is 6.10 Å². The number of allylic oxidation sites excluding steroid dienone is 1. The number of benzene rings is 1. The zero-order valence-electron chi connectivity index (χ0n) is 23.7. The number of rotatable bonds is 5. The molecule has 3 saturated carbocycles. The molecule has 0 amide bonds. The second-order valence-corrected chi connectivity index (χ2v) is 13.5. The van der Waals surface area contributed by atoms with Crippen LogP contribution in [0.25, 0.3) is 0 Å². The van der Waals surface area contributed by atoms with Gasteiger partial charge < -0.3 is 14.4 Å². The number of nitrogens with zero attached hydrogens (tertiary/aromatic N) is 1. The van der Waals surface area contributed by atoms with Crippen molar-refractivity contribution >= 4 is 11.9 Å². The van der Waals surface area contributed by atoms with E-state index < -0.39 is 18.0 Å². The van der Waals surface area contributed by atoms with Gasteiger partial charge in [0.15, 0.2) is 0 Å². The van der Waals surface area contributed by atoms with Gasteiger partial charge in [-0.3, -0.25) is 4.79 Å². The summed E-state index contributed by atoms with van der Waals surface area (Å²) in [6.45, 7) is 7.62. The molecule has 6 rings (SSSR count). The number of likely N-dealkylation sites (tertiary alicyclic amines) is 1. The Hall–Kier alpha value is -2.14. The average Bonchev–Trinajstić information content (AvgIpc) is 3.37. The van der Waals surface area contributed by atoms with Crippen LogP contribution in [0.1, 0.15) is 77.7 Å². The van der Waals surface area contributed by atoms with Crippen molar-refractivity contribution in [3.63, 3.8) is 0 Å². The Morgan fingerprint density at radius 2 is 1.82 bits per heavy atom. The van der Waals surface area contributed by atoms with Crippen LogP contribution in [0.4, 0.5) is 0 Å². The molecule has 1 aromatic rings. The largest absolute Gasteiger partial charge is 0.459 e. The molecule has 0 radical (unpaired) electrons. The predicted molar refractivity (Wildman–Crippen MR) is 147 cm³/mol. The number of esters is 2. The first-order valence-electron chi connectivity index (χ1n) is 15.0. The lowest BCUT2D eigenvalue weighted by atomic mass is 9.47. The average molecular weight is 520 g/mol. The standard InChI is InChI=1S/C33H45NO4/c1-21-27-12-13-29-26-11-10-24-19-25(14-16-32(24,3)28(26)15-17-33(27,29)20-34(21)4)38-31(36)30(37-22(2)35)18-23-8-6-5-7-9-23/h5-10,21,25-30H,11-20H2,1-4H3. The summed E-state index contributed by atoms with van der Waals surface area (Å²) >= 11 is 0. The van der Waals surface area contributed by atoms with Crippen LogP contribution in [0.2, 0.25) is 0 Å². The summed E-state index contributed by atoms with van der Waals surface area (Å²) < 4.78 is 11.5. The second kappa shape index (κ2) is 9.80. The maximum atomic E-state index is 13.2. The molecule has 5 heteroatoms. The Kier molecular flexibility index (Phi) is 6.73. The van der Waals surface area contributed by atoms with E-state index in [2.05, 4.69) is 31.9 Å². The van der Waals surface area contributed by atoms with Crippen molar-refractivity contribution in [1.29, 1.82) is 0 Å². The van der Waals surface area contributed by atoms with Crippen LogP contribution in [0.3, 0.4) is 0 Å². The van der Waals surface area contributed by atoms with Crippen molar-refractivity contribution in [3.05, 3.63) is 47.5 Å². The van der Waals surface area contributed by atoms with Crippen LogP contribution in [0, 0.1) is 34.5 Å². The highest BCUT2D eigenvalue weighted by Gasteiger charge is 2.64. The molecule has 0 bridgehead atoms. The molecule has 0 N–H and O–H groups in total. The Bertz CT molecular complexity index is 1100. The summed E-state index contributed by atoms with van der Waals surface area (Å²) in [7, 11) is 2.34. The van der Waals surface area contributed by atoms with Crippen LogP contribution in [0.5, 0.6) is 0 Å². The summed E-state index contributed by atoms with van der Waals surface area (Å²) in [5.74, 6) is 2.44. The van der Waals surface area contributed by atoms with Crippen LogP contribution in [-0.4, -0.2) is 48.7 Å². The maximum absolute atomic E-state index is 13.2. The Labute approximate surface area is 228 Å². The summed E-state index contributed by atoms with van der Waals surface area (Å²) in [4.78, 5) is 27.6. The minimum Gasteiger partial charge on any atom is -0.459 e. The smallest absolute Gasteiger partial charge is 0.348 e. The third kappa shape index (κ3) is 4.24. The molecule has 1 heterocycles. The lowest BCUT2D eigenvalue weighted by molar-refractivity contribution is -0.172. The van der Waals surface area contributed by atoms with Crippen LogP contribution < -0.4 is 0 Å². The van der Waals surface area contributed by atoms with Crippen LogP contribution in [0.15, 0.2) is 42.0 Å². The van der Waals surface area contributed by atoms with Crippen molar-refractivity contribution in [2.45, 2.75) is 96.8 Å². The van der Waals surface area contributed by atoms with Gasteiger partial charge in [0.2, 0.25) is 6.10 Å². The molecule has 5 nitrogen and oxygen atoms in total.